The minimum Gasteiger partial charge on any atom is -0.497 e. The lowest BCUT2D eigenvalue weighted by molar-refractivity contribution is 0.0905. The van der Waals surface area contributed by atoms with E-state index in [1.807, 2.05) is 78.9 Å². The quantitative estimate of drug-likeness (QED) is 0.238. The van der Waals surface area contributed by atoms with Gasteiger partial charge >= 0.3 is 0 Å². The molecule has 0 saturated carbocycles. The van der Waals surface area contributed by atoms with Gasteiger partial charge in [-0.1, -0.05) is 54.6 Å². The number of Topliss-reactive ketones (excluding diaryl/α,β-unsaturated/α-hetero) is 1. The molecule has 0 aromatic heterocycles. The number of methoxy groups -OCH3 is 2. The third-order valence-corrected chi connectivity index (χ3v) is 5.41. The van der Waals surface area contributed by atoms with Gasteiger partial charge in [-0.25, -0.2) is 5.06 Å². The maximum atomic E-state index is 13.8. The van der Waals surface area contributed by atoms with Crippen LogP contribution in [0.5, 0.6) is 11.5 Å². The molecule has 0 aliphatic carbocycles. The molecule has 0 amide bonds. The highest BCUT2D eigenvalue weighted by Gasteiger charge is 2.34. The van der Waals surface area contributed by atoms with Crippen molar-refractivity contribution in [3.8, 4) is 11.5 Å². The van der Waals surface area contributed by atoms with Crippen LogP contribution in [0.25, 0.3) is 0 Å². The van der Waals surface area contributed by atoms with Crippen LogP contribution in [0.2, 0.25) is 19.6 Å². The first-order valence-corrected chi connectivity index (χ1v) is 13.6. The van der Waals surface area contributed by atoms with Gasteiger partial charge in [-0.05, 0) is 49.5 Å². The van der Waals surface area contributed by atoms with Gasteiger partial charge in [0, 0.05) is 5.56 Å². The van der Waals surface area contributed by atoms with Crippen molar-refractivity contribution in [1.29, 1.82) is 0 Å². The monoisotopic (exact) mass is 435 g/mol. The van der Waals surface area contributed by atoms with Crippen molar-refractivity contribution in [2.45, 2.75) is 25.7 Å². The van der Waals surface area contributed by atoms with Crippen LogP contribution in [0, 0.1) is 0 Å². The zero-order chi connectivity index (χ0) is 22.4. The van der Waals surface area contributed by atoms with E-state index >= 15 is 0 Å². The second kappa shape index (κ2) is 9.81. The minimum absolute atomic E-state index is 0.0603. The normalized spacial score (nSPS) is 12.2. The van der Waals surface area contributed by atoms with Gasteiger partial charge in [0.15, 0.2) is 5.78 Å². The highest BCUT2D eigenvalue weighted by atomic mass is 28.4. The van der Waals surface area contributed by atoms with Gasteiger partial charge in [0.2, 0.25) is 8.32 Å². The molecule has 0 saturated heterocycles. The van der Waals surface area contributed by atoms with E-state index in [4.69, 9.17) is 14.0 Å². The first kappa shape index (κ1) is 22.6. The highest BCUT2D eigenvalue weighted by Crippen LogP contribution is 2.38. The number of hydrogen-bond acceptors (Lipinski definition) is 5. The number of nitrogens with zero attached hydrogens (tertiary/aromatic N) is 1. The number of hydrogen-bond donors (Lipinski definition) is 0. The molecular weight excluding hydrogens is 406 g/mol. The molecule has 6 heteroatoms. The van der Waals surface area contributed by atoms with Crippen LogP contribution < -0.4 is 14.5 Å². The molecule has 162 valence electrons. The Hall–Kier alpha value is -3.09. The minimum atomic E-state index is -2.11. The lowest BCUT2D eigenvalue weighted by Crippen LogP contribution is -2.42. The van der Waals surface area contributed by atoms with Crippen molar-refractivity contribution < 1.29 is 18.8 Å². The fourth-order valence-corrected chi connectivity index (χ4v) is 4.08. The summed E-state index contributed by atoms with van der Waals surface area (Å²) in [5.41, 5.74) is 2.12. The predicted octanol–water partition coefficient (Wildman–Crippen LogP) is 5.90. The molecule has 3 rings (SSSR count). The molecule has 31 heavy (non-hydrogen) atoms. The average Bonchev–Trinajstić information content (AvgIpc) is 2.78. The molecule has 0 aliphatic heterocycles. The van der Waals surface area contributed by atoms with Crippen molar-refractivity contribution in [3.05, 3.63) is 90.0 Å². The molecule has 0 N–H and O–H groups in total. The number of ether oxygens (including phenoxy) is 2. The molecule has 3 aromatic rings. The molecule has 0 fully saturated rings. The maximum Gasteiger partial charge on any atom is 0.220 e. The summed E-state index contributed by atoms with van der Waals surface area (Å²) in [6.45, 7) is 6.27. The Kier molecular flexibility index (Phi) is 7.15. The summed E-state index contributed by atoms with van der Waals surface area (Å²) >= 11 is 0. The van der Waals surface area contributed by atoms with Gasteiger partial charge in [0.05, 0.1) is 14.2 Å². The number of rotatable bonds is 9. The summed E-state index contributed by atoms with van der Waals surface area (Å²) in [5.74, 6) is 1.31. The first-order valence-electron chi connectivity index (χ1n) is 10.2. The average molecular weight is 436 g/mol. The lowest BCUT2D eigenvalue weighted by atomic mass is 9.96. The van der Waals surface area contributed by atoms with Gasteiger partial charge in [0.1, 0.15) is 23.2 Å². The topological polar surface area (TPSA) is 48.0 Å². The highest BCUT2D eigenvalue weighted by molar-refractivity contribution is 6.69. The number of ketones is 1. The van der Waals surface area contributed by atoms with Crippen LogP contribution in [0.3, 0.4) is 0 Å². The number of carbonyl (C=O) groups excluding carboxylic acids is 1. The van der Waals surface area contributed by atoms with E-state index in [0.717, 1.165) is 11.3 Å². The van der Waals surface area contributed by atoms with E-state index in [9.17, 15) is 4.79 Å². The Bertz CT molecular complexity index is 1000. The van der Waals surface area contributed by atoms with E-state index in [1.54, 1.807) is 19.3 Å². The Morgan fingerprint density at radius 3 is 2.00 bits per heavy atom. The van der Waals surface area contributed by atoms with Gasteiger partial charge in [-0.3, -0.25) is 4.79 Å². The zero-order valence-corrected chi connectivity index (χ0v) is 19.7. The van der Waals surface area contributed by atoms with E-state index in [0.29, 0.717) is 17.0 Å². The Labute approximate surface area is 185 Å². The number of anilines is 1. The predicted molar refractivity (Wildman–Crippen MR) is 126 cm³/mol. The van der Waals surface area contributed by atoms with Crippen LogP contribution in [0.4, 0.5) is 5.69 Å². The fourth-order valence-electron chi connectivity index (χ4n) is 3.29. The van der Waals surface area contributed by atoms with E-state index in [1.165, 1.54) is 0 Å². The fraction of sp³-hybridized carbons (Fsp3) is 0.240. The molecule has 0 aliphatic rings. The second-order valence-electron chi connectivity index (χ2n) is 8.11. The number of carbonyl (C=O) groups is 1. The van der Waals surface area contributed by atoms with E-state index in [-0.39, 0.29) is 5.78 Å². The smallest absolute Gasteiger partial charge is 0.220 e. The zero-order valence-electron chi connectivity index (χ0n) is 18.7. The first-order chi connectivity index (χ1) is 14.8. The second-order valence-corrected chi connectivity index (χ2v) is 12.5. The molecule has 3 aromatic carbocycles. The number of benzene rings is 3. The molecule has 5 nitrogen and oxygen atoms in total. The Morgan fingerprint density at radius 2 is 1.42 bits per heavy atom. The summed E-state index contributed by atoms with van der Waals surface area (Å²) in [7, 11) is 1.13. The van der Waals surface area contributed by atoms with Crippen molar-refractivity contribution >= 4 is 19.8 Å². The molecule has 0 spiro atoms. The van der Waals surface area contributed by atoms with Crippen molar-refractivity contribution in [1.82, 2.24) is 0 Å². The molecular formula is C25H29NO4Si. The van der Waals surface area contributed by atoms with E-state index < -0.39 is 14.4 Å². The summed E-state index contributed by atoms with van der Waals surface area (Å²) in [6, 6.07) is 23.7. The van der Waals surface area contributed by atoms with Crippen molar-refractivity contribution in [2.24, 2.45) is 0 Å². The van der Waals surface area contributed by atoms with Crippen LogP contribution >= 0.6 is 0 Å². The standard InChI is InChI=1S/C25H29NO4Si/c1-28-21-17-15-19(16-18-21)24(25(27)20-11-7-6-8-12-20)26(30-31(3,4)5)22-13-9-10-14-23(22)29-2/h6-18,24H,1-5H3/t24-/m1/s1. The van der Waals surface area contributed by atoms with Gasteiger partial charge in [-0.2, -0.15) is 0 Å². The van der Waals surface area contributed by atoms with Crippen LogP contribution in [-0.4, -0.2) is 28.3 Å². The lowest BCUT2D eigenvalue weighted by Gasteiger charge is -2.37. The van der Waals surface area contributed by atoms with Crippen molar-refractivity contribution in [2.75, 3.05) is 19.3 Å². The summed E-state index contributed by atoms with van der Waals surface area (Å²) in [4.78, 5) is 13.8. The van der Waals surface area contributed by atoms with Crippen LogP contribution in [-0.2, 0) is 4.53 Å². The van der Waals surface area contributed by atoms with Gasteiger partial charge in [-0.15, -0.1) is 0 Å². The van der Waals surface area contributed by atoms with Crippen LogP contribution in [0.1, 0.15) is 22.0 Å². The van der Waals surface area contributed by atoms with Crippen LogP contribution in [0.15, 0.2) is 78.9 Å². The van der Waals surface area contributed by atoms with E-state index in [2.05, 4.69) is 19.6 Å². The maximum absolute atomic E-state index is 13.8. The molecule has 0 bridgehead atoms. The number of para-hydroxylation sites is 2. The largest absolute Gasteiger partial charge is 0.497 e. The Morgan fingerprint density at radius 1 is 0.806 bits per heavy atom. The van der Waals surface area contributed by atoms with Crippen molar-refractivity contribution in [3.63, 3.8) is 0 Å². The molecule has 0 unspecified atom stereocenters. The summed E-state index contributed by atoms with van der Waals surface area (Å²) < 4.78 is 17.4. The Balaban J connectivity index is 2.19. The SMILES string of the molecule is COc1ccc([C@H](C(=O)c2ccccc2)N(O[Si](C)(C)C)c2ccccc2OC)cc1. The summed E-state index contributed by atoms with van der Waals surface area (Å²) in [5, 5.41) is 1.72. The third-order valence-electron chi connectivity index (χ3n) is 4.67. The summed E-state index contributed by atoms with van der Waals surface area (Å²) in [6.07, 6.45) is 0. The molecule has 0 radical (unpaired) electrons. The molecule has 0 heterocycles. The molecule has 1 atom stereocenters. The van der Waals surface area contributed by atoms with Gasteiger partial charge in [0.25, 0.3) is 0 Å². The van der Waals surface area contributed by atoms with Gasteiger partial charge < -0.3 is 14.0 Å². The third kappa shape index (κ3) is 5.54. The number of hydroxylamine groups is 1.